The predicted molar refractivity (Wildman–Crippen MR) is 170 cm³/mol. The third-order valence-corrected chi connectivity index (χ3v) is 8.05. The molecule has 1 aromatic carbocycles. The van der Waals surface area contributed by atoms with Crippen molar-refractivity contribution < 1.29 is 48.0 Å². The van der Waals surface area contributed by atoms with E-state index in [-0.39, 0.29) is 25.5 Å². The molecule has 0 saturated carbocycles. The lowest BCUT2D eigenvalue weighted by Gasteiger charge is -2.37. The van der Waals surface area contributed by atoms with Crippen LogP contribution in [0.3, 0.4) is 0 Å². The highest BCUT2D eigenvalue weighted by atomic mass is 16.5. The fourth-order valence-corrected chi connectivity index (χ4v) is 5.35. The minimum atomic E-state index is -0.974. The second kappa shape index (κ2) is 21.5. The number of methoxy groups -OCH3 is 3. The Labute approximate surface area is 272 Å². The molecular weight excluding hydrogens is 600 g/mol. The zero-order valence-corrected chi connectivity index (χ0v) is 28.0. The summed E-state index contributed by atoms with van der Waals surface area (Å²) in [7, 11) is 4.01. The molecule has 1 fully saturated rings. The molecular formula is C32H52N4O10. The predicted octanol–water partition coefficient (Wildman–Crippen LogP) is 0.617. The van der Waals surface area contributed by atoms with Gasteiger partial charge < -0.3 is 28.8 Å². The first kappa shape index (κ1) is 38.9. The van der Waals surface area contributed by atoms with Crippen molar-refractivity contribution in [3.63, 3.8) is 0 Å². The van der Waals surface area contributed by atoms with E-state index in [0.29, 0.717) is 84.3 Å². The average Bonchev–Trinajstić information content (AvgIpc) is 3.05. The first-order valence-corrected chi connectivity index (χ1v) is 15.8. The standard InChI is InChI=1S/C32H52N4O10/c1-6-27(32(41)44-5)35-16-12-33(23-29(37)42-3)14-18-36(19-15-34(13-17-35)24-30(38)43-4)28(31(39)40)22-25-8-10-26(11-9-25)46-21-20-45-7-2/h8-11,27-28H,6-7,12-24H2,1-5H3,(H,39,40). The number of esters is 3. The molecule has 1 aliphatic heterocycles. The summed E-state index contributed by atoms with van der Waals surface area (Å²) in [5.41, 5.74) is 0.831. The van der Waals surface area contributed by atoms with Gasteiger partial charge in [0.05, 0.1) is 41.0 Å². The molecule has 0 bridgehead atoms. The number of ether oxygens (including phenoxy) is 5. The van der Waals surface area contributed by atoms with Crippen LogP contribution in [0.25, 0.3) is 0 Å². The van der Waals surface area contributed by atoms with Gasteiger partial charge in [0.15, 0.2) is 0 Å². The van der Waals surface area contributed by atoms with E-state index in [1.54, 1.807) is 0 Å². The molecule has 14 nitrogen and oxygen atoms in total. The van der Waals surface area contributed by atoms with Crippen LogP contribution in [0.4, 0.5) is 0 Å². The molecule has 0 amide bonds. The molecule has 1 aliphatic rings. The van der Waals surface area contributed by atoms with Crippen molar-refractivity contribution in [2.45, 2.75) is 38.8 Å². The molecule has 14 heteroatoms. The van der Waals surface area contributed by atoms with E-state index in [0.717, 1.165) is 5.56 Å². The Hall–Kier alpha value is -3.30. The minimum Gasteiger partial charge on any atom is -0.491 e. The van der Waals surface area contributed by atoms with Crippen molar-refractivity contribution >= 4 is 23.9 Å². The van der Waals surface area contributed by atoms with E-state index in [1.807, 2.05) is 57.7 Å². The third kappa shape index (κ3) is 13.6. The fraction of sp³-hybridized carbons (Fsp3) is 0.688. The van der Waals surface area contributed by atoms with Crippen LogP contribution in [0, 0.1) is 0 Å². The van der Waals surface area contributed by atoms with E-state index in [4.69, 9.17) is 23.7 Å². The van der Waals surface area contributed by atoms with Crippen molar-refractivity contribution in [1.29, 1.82) is 0 Å². The molecule has 260 valence electrons. The van der Waals surface area contributed by atoms with E-state index in [9.17, 15) is 24.3 Å². The summed E-state index contributed by atoms with van der Waals surface area (Å²) in [5, 5.41) is 10.4. The van der Waals surface area contributed by atoms with Gasteiger partial charge in [0.1, 0.15) is 24.4 Å². The molecule has 2 unspecified atom stereocenters. The molecule has 0 spiro atoms. The van der Waals surface area contributed by atoms with E-state index >= 15 is 0 Å². The maximum atomic E-state index is 12.7. The average molecular weight is 653 g/mol. The van der Waals surface area contributed by atoms with Gasteiger partial charge in [-0.2, -0.15) is 0 Å². The van der Waals surface area contributed by atoms with Crippen molar-refractivity contribution in [3.05, 3.63) is 29.8 Å². The first-order valence-electron chi connectivity index (χ1n) is 15.8. The van der Waals surface area contributed by atoms with Gasteiger partial charge in [0.2, 0.25) is 0 Å². The number of nitrogens with zero attached hydrogens (tertiary/aromatic N) is 4. The number of carbonyl (C=O) groups excluding carboxylic acids is 3. The van der Waals surface area contributed by atoms with Crippen molar-refractivity contribution in [2.24, 2.45) is 0 Å². The third-order valence-electron chi connectivity index (χ3n) is 8.05. The van der Waals surface area contributed by atoms with Gasteiger partial charge in [-0.3, -0.25) is 38.8 Å². The molecule has 2 rings (SSSR count). The maximum absolute atomic E-state index is 12.7. The lowest BCUT2D eigenvalue weighted by atomic mass is 10.0. The minimum absolute atomic E-state index is 0.0180. The maximum Gasteiger partial charge on any atom is 0.323 e. The van der Waals surface area contributed by atoms with Crippen LogP contribution in [0.2, 0.25) is 0 Å². The van der Waals surface area contributed by atoms with Crippen LogP contribution in [0.1, 0.15) is 25.8 Å². The molecule has 1 aromatic rings. The summed E-state index contributed by atoms with van der Waals surface area (Å²) in [5.74, 6) is -1.47. The number of carboxylic acids is 1. The van der Waals surface area contributed by atoms with Gasteiger partial charge in [0, 0.05) is 59.0 Å². The Morgan fingerprint density at radius 3 is 1.63 bits per heavy atom. The Kier molecular flexibility index (Phi) is 18.2. The Morgan fingerprint density at radius 1 is 0.717 bits per heavy atom. The molecule has 1 heterocycles. The fourth-order valence-electron chi connectivity index (χ4n) is 5.35. The Morgan fingerprint density at radius 2 is 1.22 bits per heavy atom. The number of rotatable bonds is 16. The van der Waals surface area contributed by atoms with Crippen LogP contribution in [-0.4, -0.2) is 167 Å². The zero-order valence-electron chi connectivity index (χ0n) is 28.0. The number of carbonyl (C=O) groups is 4. The quantitative estimate of drug-likeness (QED) is 0.151. The summed E-state index contributed by atoms with van der Waals surface area (Å²) < 4.78 is 25.9. The van der Waals surface area contributed by atoms with E-state index < -0.39 is 30.0 Å². The topological polar surface area (TPSA) is 148 Å². The van der Waals surface area contributed by atoms with E-state index in [1.165, 1.54) is 21.3 Å². The second-order valence-electron chi connectivity index (χ2n) is 11.0. The van der Waals surface area contributed by atoms with Crippen molar-refractivity contribution in [1.82, 2.24) is 19.6 Å². The largest absolute Gasteiger partial charge is 0.491 e. The Bertz CT molecular complexity index is 1040. The lowest BCUT2D eigenvalue weighted by molar-refractivity contribution is -0.148. The number of aliphatic carboxylic acids is 1. The van der Waals surface area contributed by atoms with Crippen LogP contribution < -0.4 is 4.74 Å². The van der Waals surface area contributed by atoms with Crippen molar-refractivity contribution in [3.8, 4) is 5.75 Å². The number of hydrogen-bond donors (Lipinski definition) is 1. The number of benzene rings is 1. The van der Waals surface area contributed by atoms with E-state index in [2.05, 4.69) is 0 Å². The smallest absolute Gasteiger partial charge is 0.323 e. The zero-order chi connectivity index (χ0) is 33.9. The molecule has 46 heavy (non-hydrogen) atoms. The summed E-state index contributed by atoms with van der Waals surface area (Å²) in [6.07, 6.45) is 0.767. The highest BCUT2D eigenvalue weighted by Crippen LogP contribution is 2.17. The normalized spacial score (nSPS) is 17.6. The first-order chi connectivity index (χ1) is 22.1. The van der Waals surface area contributed by atoms with Crippen LogP contribution in [0.15, 0.2) is 24.3 Å². The van der Waals surface area contributed by atoms with Crippen LogP contribution in [-0.2, 0) is 44.5 Å². The highest BCUT2D eigenvalue weighted by Gasteiger charge is 2.30. The van der Waals surface area contributed by atoms with Crippen LogP contribution >= 0.6 is 0 Å². The number of hydrogen-bond acceptors (Lipinski definition) is 13. The van der Waals surface area contributed by atoms with Gasteiger partial charge in [-0.1, -0.05) is 19.1 Å². The molecule has 1 N–H and O–H groups in total. The van der Waals surface area contributed by atoms with Crippen LogP contribution in [0.5, 0.6) is 5.75 Å². The summed E-state index contributed by atoms with van der Waals surface area (Å²) >= 11 is 0. The van der Waals surface area contributed by atoms with Gasteiger partial charge in [-0.15, -0.1) is 0 Å². The van der Waals surface area contributed by atoms with Gasteiger partial charge in [-0.25, -0.2) is 0 Å². The monoisotopic (exact) mass is 652 g/mol. The van der Waals surface area contributed by atoms with Gasteiger partial charge in [0.25, 0.3) is 0 Å². The molecule has 0 radical (unpaired) electrons. The molecule has 2 atom stereocenters. The highest BCUT2D eigenvalue weighted by molar-refractivity contribution is 5.75. The summed E-state index contributed by atoms with van der Waals surface area (Å²) in [4.78, 5) is 57.7. The SMILES string of the molecule is CCOCCOc1ccc(CC(C(=O)O)N2CCN(CC(=O)OC)CCN(C(CC)C(=O)OC)CCN(CC(=O)OC)CC2)cc1. The van der Waals surface area contributed by atoms with Gasteiger partial charge in [-0.05, 0) is 37.5 Å². The molecule has 1 saturated heterocycles. The summed E-state index contributed by atoms with van der Waals surface area (Å²) in [6, 6.07) is 5.98. The van der Waals surface area contributed by atoms with Crippen molar-refractivity contribution in [2.75, 3.05) is 107 Å². The number of carboxylic acid groups (broad SMARTS) is 1. The second-order valence-corrected chi connectivity index (χ2v) is 11.0. The summed E-state index contributed by atoms with van der Waals surface area (Å²) in [6.45, 7) is 8.56. The molecule has 0 aromatic heterocycles. The van der Waals surface area contributed by atoms with Gasteiger partial charge >= 0.3 is 23.9 Å². The Balaban J connectivity index is 2.32. The lowest BCUT2D eigenvalue weighted by Crippen LogP contribution is -2.53. The molecule has 0 aliphatic carbocycles.